The maximum atomic E-state index is 12.9. The van der Waals surface area contributed by atoms with E-state index in [1.54, 1.807) is 6.92 Å². The van der Waals surface area contributed by atoms with E-state index in [-0.39, 0.29) is 43.3 Å². The Balaban J connectivity index is 0.00000420. The molecule has 162 valence electrons. The Morgan fingerprint density at radius 1 is 1.28 bits per heavy atom. The Morgan fingerprint density at radius 3 is 2.45 bits per heavy atom. The van der Waals surface area contributed by atoms with Crippen molar-refractivity contribution in [2.75, 3.05) is 19.8 Å². The van der Waals surface area contributed by atoms with Crippen LogP contribution in [0.3, 0.4) is 0 Å². The topological polar surface area (TPSA) is 103 Å². The van der Waals surface area contributed by atoms with Crippen molar-refractivity contribution in [1.82, 2.24) is 5.32 Å². The predicted molar refractivity (Wildman–Crippen MR) is 119 cm³/mol. The van der Waals surface area contributed by atoms with E-state index in [4.69, 9.17) is 15.2 Å². The fourth-order valence-corrected chi connectivity index (χ4v) is 4.00. The summed E-state index contributed by atoms with van der Waals surface area (Å²) in [4.78, 5) is 29.9. The van der Waals surface area contributed by atoms with Gasteiger partial charge in [-0.3, -0.25) is 4.99 Å². The second-order valence-corrected chi connectivity index (χ2v) is 7.32. The normalized spacial score (nSPS) is 20.1. The lowest BCUT2D eigenvalue weighted by molar-refractivity contribution is -0.140. The van der Waals surface area contributed by atoms with Crippen LogP contribution in [0.2, 0.25) is 0 Å². The molecule has 1 unspecified atom stereocenters. The maximum absolute atomic E-state index is 12.9. The minimum atomic E-state index is -0.448. The largest absolute Gasteiger partial charge is 0.463 e. The number of dihydropyridines is 1. The third kappa shape index (κ3) is 6.27. The molecule has 1 aliphatic heterocycles. The molecule has 0 aromatic rings. The highest BCUT2D eigenvalue weighted by Crippen LogP contribution is 2.43. The van der Waals surface area contributed by atoms with Crippen LogP contribution in [0.1, 0.15) is 39.5 Å². The highest BCUT2D eigenvalue weighted by Gasteiger charge is 2.42. The van der Waals surface area contributed by atoms with Gasteiger partial charge < -0.3 is 20.5 Å². The van der Waals surface area contributed by atoms with Gasteiger partial charge in [0, 0.05) is 17.3 Å². The number of nitrogens with zero attached hydrogens (tertiary/aromatic N) is 1. The highest BCUT2D eigenvalue weighted by molar-refractivity contribution is 7.96. The zero-order valence-electron chi connectivity index (χ0n) is 16.9. The smallest absolute Gasteiger partial charge is 0.336 e. The molecule has 0 aromatic carbocycles. The fraction of sp³-hybridized carbons (Fsp3) is 0.550. The quantitative estimate of drug-likeness (QED) is 0.175. The molecule has 0 bridgehead atoms. The molecule has 7 nitrogen and oxygen atoms in total. The Hall–Kier alpha value is -1.93. The van der Waals surface area contributed by atoms with Crippen molar-refractivity contribution in [3.05, 3.63) is 35.2 Å². The molecule has 29 heavy (non-hydrogen) atoms. The van der Waals surface area contributed by atoms with Crippen LogP contribution in [0, 0.1) is 11.8 Å². The molecule has 9 heteroatoms. The molecule has 1 fully saturated rings. The number of esters is 2. The van der Waals surface area contributed by atoms with Crippen molar-refractivity contribution in [3.8, 4) is 0 Å². The number of aliphatic imine (C=N–C) groups is 1. The van der Waals surface area contributed by atoms with E-state index in [0.717, 1.165) is 25.7 Å². The number of ether oxygens (including phenoxy) is 2. The summed E-state index contributed by atoms with van der Waals surface area (Å²) in [5.74, 6) is -1.13. The van der Waals surface area contributed by atoms with Crippen molar-refractivity contribution in [1.29, 1.82) is 0 Å². The first-order valence-electron chi connectivity index (χ1n) is 9.55. The number of amidine groups is 1. The molecule has 2 rings (SSSR count). The van der Waals surface area contributed by atoms with E-state index < -0.39 is 17.9 Å². The van der Waals surface area contributed by atoms with E-state index >= 15 is 0 Å². The lowest BCUT2D eigenvalue weighted by Crippen LogP contribution is -2.38. The molecule has 3 N–H and O–H groups in total. The molecule has 0 amide bonds. The van der Waals surface area contributed by atoms with Gasteiger partial charge in [-0.05, 0) is 32.6 Å². The molecule has 0 saturated heterocycles. The Bertz CT molecular complexity index is 723. The van der Waals surface area contributed by atoms with Gasteiger partial charge in [0.1, 0.15) is 6.61 Å². The number of rotatable bonds is 8. The van der Waals surface area contributed by atoms with Crippen LogP contribution in [0.15, 0.2) is 40.2 Å². The zero-order chi connectivity index (χ0) is 20.7. The summed E-state index contributed by atoms with van der Waals surface area (Å²) in [5, 5.41) is 3.28. The summed E-state index contributed by atoms with van der Waals surface area (Å²) < 4.78 is 10.6. The monoisotopic (exact) mass is 443 g/mol. The average Bonchev–Trinajstić information content (AvgIpc) is 3.18. The summed E-state index contributed by atoms with van der Waals surface area (Å²) in [6.45, 7) is 7.65. The number of hydrogen-bond acceptors (Lipinski definition) is 6. The number of allylic oxidation sites excluding steroid dienone is 1. The third-order valence-electron chi connectivity index (χ3n) is 5.01. The Labute approximate surface area is 183 Å². The molecule has 1 heterocycles. The highest BCUT2D eigenvalue weighted by atomic mass is 35.5. The Morgan fingerprint density at radius 2 is 1.90 bits per heavy atom. The van der Waals surface area contributed by atoms with Gasteiger partial charge in [0.2, 0.25) is 0 Å². The van der Waals surface area contributed by atoms with Crippen LogP contribution in [-0.2, 0) is 19.1 Å². The zero-order valence-corrected chi connectivity index (χ0v) is 18.6. The molecular formula is C20H30ClN3O4S. The van der Waals surface area contributed by atoms with Crippen LogP contribution in [0.5, 0.6) is 0 Å². The first-order chi connectivity index (χ1) is 13.4. The van der Waals surface area contributed by atoms with Gasteiger partial charge in [-0.25, -0.2) is 9.59 Å². The summed E-state index contributed by atoms with van der Waals surface area (Å²) in [6.07, 6.45) is 5.52. The molecular weight excluding hydrogens is 414 g/mol. The number of halogens is 1. The van der Waals surface area contributed by atoms with Gasteiger partial charge in [-0.2, -0.15) is 0 Å². The average molecular weight is 444 g/mol. The van der Waals surface area contributed by atoms with Gasteiger partial charge in [0.25, 0.3) is 0 Å². The SMILES string of the molecule is C=CCOC(=O)C1=C(C)NC(CN=C(N)S)=C(C(=O)OCC)C1C1CCCC1.Cl. The van der Waals surface area contributed by atoms with Crippen LogP contribution in [-0.4, -0.2) is 36.9 Å². The molecule has 0 spiro atoms. The van der Waals surface area contributed by atoms with E-state index in [0.29, 0.717) is 22.5 Å². The standard InChI is InChI=1S/C20H29N3O4S.ClH/c1-4-10-27-18(24)15-12(3)23-14(11-22-20(21)28)17(19(25)26-5-2)16(15)13-8-6-7-9-13;/h4,13,16,23H,1,5-11H2,2-3H3,(H3,21,22,28);1H. The van der Waals surface area contributed by atoms with Crippen molar-refractivity contribution in [2.45, 2.75) is 39.5 Å². The van der Waals surface area contributed by atoms with E-state index in [1.807, 2.05) is 6.92 Å². The van der Waals surface area contributed by atoms with E-state index in [9.17, 15) is 9.59 Å². The van der Waals surface area contributed by atoms with Crippen LogP contribution < -0.4 is 11.1 Å². The van der Waals surface area contributed by atoms with Crippen LogP contribution in [0.25, 0.3) is 0 Å². The molecule has 1 aliphatic carbocycles. The van der Waals surface area contributed by atoms with Gasteiger partial charge in [0.05, 0.1) is 24.3 Å². The maximum Gasteiger partial charge on any atom is 0.336 e. The van der Waals surface area contributed by atoms with Gasteiger partial charge in [-0.1, -0.05) is 25.5 Å². The molecule has 0 radical (unpaired) electrons. The Kier molecular flexibility index (Phi) is 10.3. The minimum absolute atomic E-state index is 0. The van der Waals surface area contributed by atoms with E-state index in [1.165, 1.54) is 6.08 Å². The van der Waals surface area contributed by atoms with Crippen LogP contribution in [0.4, 0.5) is 0 Å². The number of thiol groups is 1. The number of nitrogens with two attached hydrogens (primary N) is 1. The second-order valence-electron chi connectivity index (χ2n) is 6.86. The summed E-state index contributed by atoms with van der Waals surface area (Å²) in [7, 11) is 0. The fourth-order valence-electron chi connectivity index (χ4n) is 3.92. The second kappa shape index (κ2) is 11.9. The van der Waals surface area contributed by atoms with Gasteiger partial charge >= 0.3 is 11.9 Å². The first kappa shape index (κ1) is 25.1. The van der Waals surface area contributed by atoms with Crippen molar-refractivity contribution in [3.63, 3.8) is 0 Å². The summed E-state index contributed by atoms with van der Waals surface area (Å²) in [6, 6.07) is 0. The predicted octanol–water partition coefficient (Wildman–Crippen LogP) is 2.88. The van der Waals surface area contributed by atoms with E-state index in [2.05, 4.69) is 29.5 Å². The molecule has 2 aliphatic rings. The minimum Gasteiger partial charge on any atom is -0.463 e. The van der Waals surface area contributed by atoms with Gasteiger partial charge in [0.15, 0.2) is 5.17 Å². The number of carbonyl (C=O) groups is 2. The number of carbonyl (C=O) groups excluding carboxylic acids is 2. The lowest BCUT2D eigenvalue weighted by Gasteiger charge is -2.34. The first-order valence-corrected chi connectivity index (χ1v) is 10.00. The van der Waals surface area contributed by atoms with Crippen LogP contribution >= 0.6 is 25.0 Å². The summed E-state index contributed by atoms with van der Waals surface area (Å²) >= 11 is 4.01. The lowest BCUT2D eigenvalue weighted by atomic mass is 9.75. The number of nitrogens with one attached hydrogen (secondary N) is 1. The van der Waals surface area contributed by atoms with Crippen molar-refractivity contribution < 1.29 is 19.1 Å². The molecule has 0 aromatic heterocycles. The molecule has 1 saturated carbocycles. The number of hydrogen-bond donors (Lipinski definition) is 3. The summed E-state index contributed by atoms with van der Waals surface area (Å²) in [5.41, 5.74) is 7.72. The van der Waals surface area contributed by atoms with Crippen molar-refractivity contribution in [2.24, 2.45) is 22.6 Å². The third-order valence-corrected chi connectivity index (χ3v) is 5.15. The van der Waals surface area contributed by atoms with Crippen molar-refractivity contribution >= 4 is 42.1 Å². The van der Waals surface area contributed by atoms with Gasteiger partial charge in [-0.15, -0.1) is 25.0 Å². The molecule has 1 atom stereocenters.